The molecule has 0 fully saturated rings. The molecule has 0 bridgehead atoms. The van der Waals surface area contributed by atoms with Gasteiger partial charge in [-0.05, 0) is 19.1 Å². The van der Waals surface area contributed by atoms with Crippen LogP contribution < -0.4 is 4.72 Å². The van der Waals surface area contributed by atoms with Crippen LogP contribution in [0.3, 0.4) is 0 Å². The normalized spacial score (nSPS) is 13.4. The molecule has 1 rings (SSSR count). The third-order valence-corrected chi connectivity index (χ3v) is 3.63. The highest BCUT2D eigenvalue weighted by molar-refractivity contribution is 7.89. The molecule has 0 spiro atoms. The SMILES string of the molecule is CCC(=O)C(C)NS(=O)(=O)c1cccnc1. The summed E-state index contributed by atoms with van der Waals surface area (Å²) in [6.07, 6.45) is 3.03. The number of pyridine rings is 1. The minimum Gasteiger partial charge on any atom is -0.298 e. The van der Waals surface area contributed by atoms with E-state index in [4.69, 9.17) is 0 Å². The Morgan fingerprint density at radius 3 is 2.75 bits per heavy atom. The van der Waals surface area contributed by atoms with Crippen LogP contribution >= 0.6 is 0 Å². The summed E-state index contributed by atoms with van der Waals surface area (Å²) in [7, 11) is -3.65. The van der Waals surface area contributed by atoms with E-state index in [2.05, 4.69) is 9.71 Å². The Morgan fingerprint density at radius 2 is 2.25 bits per heavy atom. The number of carbonyl (C=O) groups excluding carboxylic acids is 1. The molecule has 6 heteroatoms. The van der Waals surface area contributed by atoms with Crippen molar-refractivity contribution in [3.63, 3.8) is 0 Å². The molecule has 1 aromatic heterocycles. The van der Waals surface area contributed by atoms with Crippen LogP contribution in [0.1, 0.15) is 20.3 Å². The second-order valence-corrected chi connectivity index (χ2v) is 5.07. The standard InChI is InChI=1S/C10H14N2O3S/c1-3-10(13)8(2)12-16(14,15)9-5-4-6-11-7-9/h4-8,12H,3H2,1-2H3. The summed E-state index contributed by atoms with van der Waals surface area (Å²) >= 11 is 0. The van der Waals surface area contributed by atoms with Gasteiger partial charge in [0, 0.05) is 18.8 Å². The molecule has 1 atom stereocenters. The van der Waals surface area contributed by atoms with E-state index in [-0.39, 0.29) is 10.7 Å². The van der Waals surface area contributed by atoms with Crippen LogP contribution in [-0.4, -0.2) is 25.2 Å². The summed E-state index contributed by atoms with van der Waals surface area (Å²) in [5.74, 6) is -0.146. The third-order valence-electron chi connectivity index (χ3n) is 2.11. The lowest BCUT2D eigenvalue weighted by molar-refractivity contribution is -0.119. The predicted octanol–water partition coefficient (Wildman–Crippen LogP) is 0.727. The maximum Gasteiger partial charge on any atom is 0.242 e. The summed E-state index contributed by atoms with van der Waals surface area (Å²) < 4.78 is 25.8. The Hall–Kier alpha value is -1.27. The van der Waals surface area contributed by atoms with E-state index in [0.717, 1.165) is 0 Å². The molecule has 0 saturated heterocycles. The van der Waals surface area contributed by atoms with Gasteiger partial charge in [-0.2, -0.15) is 0 Å². The minimum atomic E-state index is -3.65. The first-order chi connectivity index (χ1) is 7.47. The van der Waals surface area contributed by atoms with Crippen molar-refractivity contribution >= 4 is 15.8 Å². The van der Waals surface area contributed by atoms with Crippen LogP contribution in [0.15, 0.2) is 29.4 Å². The van der Waals surface area contributed by atoms with E-state index >= 15 is 0 Å². The molecular weight excluding hydrogens is 228 g/mol. The van der Waals surface area contributed by atoms with Gasteiger partial charge >= 0.3 is 0 Å². The summed E-state index contributed by atoms with van der Waals surface area (Å²) in [6, 6.07) is 2.24. The zero-order chi connectivity index (χ0) is 12.2. The second-order valence-electron chi connectivity index (χ2n) is 3.35. The van der Waals surface area contributed by atoms with Gasteiger partial charge in [0.25, 0.3) is 0 Å². The van der Waals surface area contributed by atoms with Crippen molar-refractivity contribution in [2.45, 2.75) is 31.2 Å². The van der Waals surface area contributed by atoms with Crippen molar-refractivity contribution in [2.24, 2.45) is 0 Å². The molecule has 0 aliphatic rings. The van der Waals surface area contributed by atoms with E-state index in [1.807, 2.05) is 0 Å². The van der Waals surface area contributed by atoms with Crippen LogP contribution in [0.4, 0.5) is 0 Å². The van der Waals surface area contributed by atoms with E-state index in [1.54, 1.807) is 6.92 Å². The van der Waals surface area contributed by atoms with Gasteiger partial charge in [0.15, 0.2) is 0 Å². The van der Waals surface area contributed by atoms with E-state index < -0.39 is 16.1 Å². The Balaban J connectivity index is 2.85. The van der Waals surface area contributed by atoms with Crippen molar-refractivity contribution in [3.8, 4) is 0 Å². The van der Waals surface area contributed by atoms with Crippen LogP contribution in [0.2, 0.25) is 0 Å². The third kappa shape index (κ3) is 3.11. The molecule has 0 amide bonds. The largest absolute Gasteiger partial charge is 0.298 e. The lowest BCUT2D eigenvalue weighted by Gasteiger charge is -2.11. The molecule has 1 unspecified atom stereocenters. The number of rotatable bonds is 5. The first-order valence-electron chi connectivity index (χ1n) is 4.92. The van der Waals surface area contributed by atoms with Crippen LogP contribution in [0.5, 0.6) is 0 Å². The molecule has 88 valence electrons. The Morgan fingerprint density at radius 1 is 1.56 bits per heavy atom. The average Bonchev–Trinajstić information content (AvgIpc) is 2.28. The summed E-state index contributed by atoms with van der Waals surface area (Å²) in [5.41, 5.74) is 0. The maximum absolute atomic E-state index is 11.8. The number of aromatic nitrogens is 1. The zero-order valence-electron chi connectivity index (χ0n) is 9.17. The number of nitrogens with zero attached hydrogens (tertiary/aromatic N) is 1. The minimum absolute atomic E-state index is 0.0609. The summed E-state index contributed by atoms with van der Waals surface area (Å²) in [6.45, 7) is 3.22. The maximum atomic E-state index is 11.8. The molecule has 0 saturated carbocycles. The first-order valence-corrected chi connectivity index (χ1v) is 6.40. The average molecular weight is 242 g/mol. The molecule has 16 heavy (non-hydrogen) atoms. The molecule has 0 aliphatic heterocycles. The summed E-state index contributed by atoms with van der Waals surface area (Å²) in [5, 5.41) is 0. The van der Waals surface area contributed by atoms with Crippen LogP contribution in [-0.2, 0) is 14.8 Å². The fourth-order valence-electron chi connectivity index (χ4n) is 1.18. The lowest BCUT2D eigenvalue weighted by Crippen LogP contribution is -2.38. The van der Waals surface area contributed by atoms with Gasteiger partial charge in [-0.3, -0.25) is 9.78 Å². The highest BCUT2D eigenvalue weighted by Crippen LogP contribution is 2.06. The van der Waals surface area contributed by atoms with Gasteiger partial charge in [-0.15, -0.1) is 0 Å². The van der Waals surface area contributed by atoms with E-state index in [9.17, 15) is 13.2 Å². The van der Waals surface area contributed by atoms with Gasteiger partial charge in [-0.25, -0.2) is 13.1 Å². The van der Waals surface area contributed by atoms with Crippen LogP contribution in [0, 0.1) is 0 Å². The van der Waals surface area contributed by atoms with Gasteiger partial charge in [-0.1, -0.05) is 6.92 Å². The van der Waals surface area contributed by atoms with Gasteiger partial charge in [0.05, 0.1) is 6.04 Å². The highest BCUT2D eigenvalue weighted by atomic mass is 32.2. The quantitative estimate of drug-likeness (QED) is 0.825. The fraction of sp³-hybridized carbons (Fsp3) is 0.400. The van der Waals surface area contributed by atoms with Crippen molar-refractivity contribution in [3.05, 3.63) is 24.5 Å². The number of Topliss-reactive ketones (excluding diaryl/α,β-unsaturated/α-hetero) is 1. The lowest BCUT2D eigenvalue weighted by atomic mass is 10.2. The molecule has 0 aliphatic carbocycles. The molecular formula is C10H14N2O3S. The van der Waals surface area contributed by atoms with Crippen molar-refractivity contribution in [1.29, 1.82) is 0 Å². The number of hydrogen-bond acceptors (Lipinski definition) is 4. The van der Waals surface area contributed by atoms with Crippen molar-refractivity contribution in [2.75, 3.05) is 0 Å². The fourth-order valence-corrected chi connectivity index (χ4v) is 2.37. The zero-order valence-corrected chi connectivity index (χ0v) is 9.99. The van der Waals surface area contributed by atoms with Crippen LogP contribution in [0.25, 0.3) is 0 Å². The van der Waals surface area contributed by atoms with Gasteiger partial charge in [0.1, 0.15) is 10.7 Å². The highest BCUT2D eigenvalue weighted by Gasteiger charge is 2.20. The Labute approximate surface area is 94.9 Å². The van der Waals surface area contributed by atoms with Crippen molar-refractivity contribution in [1.82, 2.24) is 9.71 Å². The predicted molar refractivity (Wildman–Crippen MR) is 59.3 cm³/mol. The van der Waals surface area contributed by atoms with E-state index in [1.165, 1.54) is 31.5 Å². The number of carbonyl (C=O) groups is 1. The van der Waals surface area contributed by atoms with Crippen molar-refractivity contribution < 1.29 is 13.2 Å². The second kappa shape index (κ2) is 5.18. The molecule has 5 nitrogen and oxygen atoms in total. The molecule has 1 heterocycles. The monoisotopic (exact) mass is 242 g/mol. The molecule has 0 radical (unpaired) electrons. The Kier molecular flexibility index (Phi) is 4.14. The first kappa shape index (κ1) is 12.8. The molecule has 1 N–H and O–H groups in total. The van der Waals surface area contributed by atoms with Gasteiger partial charge < -0.3 is 0 Å². The number of ketones is 1. The van der Waals surface area contributed by atoms with Gasteiger partial charge in [0.2, 0.25) is 10.0 Å². The number of hydrogen-bond donors (Lipinski definition) is 1. The molecule has 0 aromatic carbocycles. The number of nitrogens with one attached hydrogen (secondary N) is 1. The Bertz CT molecular complexity index is 456. The number of sulfonamides is 1. The topological polar surface area (TPSA) is 76.1 Å². The summed E-state index contributed by atoms with van der Waals surface area (Å²) in [4.78, 5) is 15.1. The smallest absolute Gasteiger partial charge is 0.242 e. The molecule has 1 aromatic rings. The van der Waals surface area contributed by atoms with E-state index in [0.29, 0.717) is 6.42 Å².